The van der Waals surface area contributed by atoms with Crippen LogP contribution in [-0.4, -0.2) is 49.1 Å². The van der Waals surface area contributed by atoms with Crippen LogP contribution in [0.25, 0.3) is 0 Å². The number of para-hydroxylation sites is 1. The molecule has 0 saturated carbocycles. The molecule has 5 nitrogen and oxygen atoms in total. The summed E-state index contributed by atoms with van der Waals surface area (Å²) in [7, 11) is 1.68. The summed E-state index contributed by atoms with van der Waals surface area (Å²) >= 11 is 0. The molecule has 1 heterocycles. The smallest absolute Gasteiger partial charge is 0.321 e. The van der Waals surface area contributed by atoms with Gasteiger partial charge in [-0.3, -0.25) is 4.90 Å². The van der Waals surface area contributed by atoms with Gasteiger partial charge in [-0.15, -0.1) is 0 Å². The zero-order valence-electron chi connectivity index (χ0n) is 15.8. The third kappa shape index (κ3) is 4.35. The lowest BCUT2D eigenvalue weighted by atomic mass is 10.1. The van der Waals surface area contributed by atoms with Gasteiger partial charge in [0.05, 0.1) is 7.11 Å². The van der Waals surface area contributed by atoms with Crippen molar-refractivity contribution in [2.45, 2.75) is 20.4 Å². The fourth-order valence-electron chi connectivity index (χ4n) is 3.30. The lowest BCUT2D eigenvalue weighted by Gasteiger charge is -2.35. The summed E-state index contributed by atoms with van der Waals surface area (Å²) in [6.07, 6.45) is 0. The molecule has 1 aliphatic rings. The van der Waals surface area contributed by atoms with E-state index in [-0.39, 0.29) is 6.03 Å². The van der Waals surface area contributed by atoms with Crippen LogP contribution in [0.2, 0.25) is 0 Å². The normalized spacial score (nSPS) is 15.0. The van der Waals surface area contributed by atoms with Crippen molar-refractivity contribution in [1.82, 2.24) is 9.80 Å². The molecule has 2 aromatic rings. The minimum atomic E-state index is -0.00787. The molecule has 1 saturated heterocycles. The number of benzene rings is 2. The van der Waals surface area contributed by atoms with Gasteiger partial charge in [-0.1, -0.05) is 30.3 Å². The van der Waals surface area contributed by atoms with E-state index in [0.29, 0.717) is 0 Å². The van der Waals surface area contributed by atoms with Gasteiger partial charge < -0.3 is 15.0 Å². The first kappa shape index (κ1) is 18.3. The SMILES string of the molecule is COc1ccc(CN2CCN(C(=O)Nc3c(C)cccc3C)CC2)cc1. The highest BCUT2D eigenvalue weighted by Crippen LogP contribution is 2.20. The Bertz CT molecular complexity index is 730. The van der Waals surface area contributed by atoms with Gasteiger partial charge in [0.25, 0.3) is 0 Å². The van der Waals surface area contributed by atoms with Crippen molar-refractivity contribution in [2.75, 3.05) is 38.6 Å². The second kappa shape index (κ2) is 8.23. The number of urea groups is 1. The topological polar surface area (TPSA) is 44.8 Å². The van der Waals surface area contributed by atoms with Crippen LogP contribution in [0.4, 0.5) is 10.5 Å². The molecular weight excluding hydrogens is 326 g/mol. The zero-order valence-corrected chi connectivity index (χ0v) is 15.8. The van der Waals surface area contributed by atoms with E-state index in [1.807, 2.05) is 49.1 Å². The van der Waals surface area contributed by atoms with Gasteiger partial charge >= 0.3 is 6.03 Å². The van der Waals surface area contributed by atoms with Crippen molar-refractivity contribution in [3.63, 3.8) is 0 Å². The third-order valence-electron chi connectivity index (χ3n) is 4.94. The average molecular weight is 353 g/mol. The summed E-state index contributed by atoms with van der Waals surface area (Å²) in [5.74, 6) is 0.877. The average Bonchev–Trinajstić information content (AvgIpc) is 2.66. The zero-order chi connectivity index (χ0) is 18.5. The molecule has 3 rings (SSSR count). The van der Waals surface area contributed by atoms with E-state index in [0.717, 1.165) is 55.3 Å². The number of ether oxygens (including phenoxy) is 1. The van der Waals surface area contributed by atoms with E-state index in [4.69, 9.17) is 4.74 Å². The van der Waals surface area contributed by atoms with E-state index in [1.165, 1.54) is 5.56 Å². The van der Waals surface area contributed by atoms with E-state index >= 15 is 0 Å². The lowest BCUT2D eigenvalue weighted by molar-refractivity contribution is 0.143. The minimum Gasteiger partial charge on any atom is -0.497 e. The number of carbonyl (C=O) groups is 1. The second-order valence-corrected chi connectivity index (χ2v) is 6.81. The highest BCUT2D eigenvalue weighted by Gasteiger charge is 2.21. The number of hydrogen-bond acceptors (Lipinski definition) is 3. The van der Waals surface area contributed by atoms with Crippen molar-refractivity contribution in [1.29, 1.82) is 0 Å². The molecule has 0 aromatic heterocycles. The van der Waals surface area contributed by atoms with Crippen molar-refractivity contribution in [3.05, 3.63) is 59.2 Å². The molecule has 0 spiro atoms. The van der Waals surface area contributed by atoms with Crippen LogP contribution in [0.15, 0.2) is 42.5 Å². The summed E-state index contributed by atoms with van der Waals surface area (Å²) in [6, 6.07) is 14.2. The number of aryl methyl sites for hydroxylation is 2. The number of amides is 2. The van der Waals surface area contributed by atoms with Gasteiger partial charge in [0.2, 0.25) is 0 Å². The van der Waals surface area contributed by atoms with E-state index in [9.17, 15) is 4.79 Å². The molecule has 1 N–H and O–H groups in total. The Balaban J connectivity index is 1.52. The maximum absolute atomic E-state index is 12.6. The Kier molecular flexibility index (Phi) is 5.78. The number of nitrogens with one attached hydrogen (secondary N) is 1. The van der Waals surface area contributed by atoms with Crippen LogP contribution >= 0.6 is 0 Å². The summed E-state index contributed by atoms with van der Waals surface area (Å²) < 4.78 is 5.20. The number of carbonyl (C=O) groups excluding carboxylic acids is 1. The predicted molar refractivity (Wildman–Crippen MR) is 105 cm³/mol. The molecule has 2 aromatic carbocycles. The molecule has 0 unspecified atom stereocenters. The molecule has 0 bridgehead atoms. The quantitative estimate of drug-likeness (QED) is 0.912. The molecule has 0 atom stereocenters. The number of methoxy groups -OCH3 is 1. The molecular formula is C21H27N3O2. The van der Waals surface area contributed by atoms with Gasteiger partial charge in [-0.2, -0.15) is 0 Å². The number of piperazine rings is 1. The van der Waals surface area contributed by atoms with Crippen molar-refractivity contribution in [2.24, 2.45) is 0 Å². The van der Waals surface area contributed by atoms with Crippen LogP contribution in [0.3, 0.4) is 0 Å². The van der Waals surface area contributed by atoms with Gasteiger partial charge in [-0.25, -0.2) is 4.79 Å². The summed E-state index contributed by atoms with van der Waals surface area (Å²) in [5, 5.41) is 3.08. The van der Waals surface area contributed by atoms with Gasteiger partial charge in [0.1, 0.15) is 5.75 Å². The van der Waals surface area contributed by atoms with E-state index < -0.39 is 0 Å². The molecule has 5 heteroatoms. The first-order valence-corrected chi connectivity index (χ1v) is 9.04. The molecule has 0 radical (unpaired) electrons. The Morgan fingerprint density at radius 3 is 2.19 bits per heavy atom. The molecule has 1 aliphatic heterocycles. The van der Waals surface area contributed by atoms with Crippen molar-refractivity contribution in [3.8, 4) is 5.75 Å². The Hall–Kier alpha value is -2.53. The van der Waals surface area contributed by atoms with Crippen LogP contribution in [0.5, 0.6) is 5.75 Å². The standard InChI is InChI=1S/C21H27N3O2/c1-16-5-4-6-17(2)20(16)22-21(25)24-13-11-23(12-14-24)15-18-7-9-19(26-3)10-8-18/h4-10H,11-15H2,1-3H3,(H,22,25). The largest absolute Gasteiger partial charge is 0.497 e. The summed E-state index contributed by atoms with van der Waals surface area (Å²) in [6.45, 7) is 8.19. The van der Waals surface area contributed by atoms with E-state index in [2.05, 4.69) is 22.3 Å². The number of nitrogens with zero attached hydrogens (tertiary/aromatic N) is 2. The molecule has 1 fully saturated rings. The van der Waals surface area contributed by atoms with Crippen LogP contribution in [0.1, 0.15) is 16.7 Å². The molecule has 0 aliphatic carbocycles. The predicted octanol–water partition coefficient (Wildman–Crippen LogP) is 3.66. The monoisotopic (exact) mass is 353 g/mol. The Morgan fingerprint density at radius 2 is 1.62 bits per heavy atom. The highest BCUT2D eigenvalue weighted by atomic mass is 16.5. The Labute approximate surface area is 155 Å². The number of rotatable bonds is 4. The maximum Gasteiger partial charge on any atom is 0.321 e. The van der Waals surface area contributed by atoms with Crippen LogP contribution in [0, 0.1) is 13.8 Å². The van der Waals surface area contributed by atoms with Crippen LogP contribution in [-0.2, 0) is 6.54 Å². The van der Waals surface area contributed by atoms with E-state index in [1.54, 1.807) is 7.11 Å². The Morgan fingerprint density at radius 1 is 1.00 bits per heavy atom. The van der Waals surface area contributed by atoms with Crippen LogP contribution < -0.4 is 10.1 Å². The molecule has 138 valence electrons. The highest BCUT2D eigenvalue weighted by molar-refractivity contribution is 5.91. The fraction of sp³-hybridized carbons (Fsp3) is 0.381. The first-order chi connectivity index (χ1) is 12.6. The molecule has 2 amide bonds. The summed E-state index contributed by atoms with van der Waals surface area (Å²) in [4.78, 5) is 16.9. The van der Waals surface area contributed by atoms with Crippen molar-refractivity contribution < 1.29 is 9.53 Å². The van der Waals surface area contributed by atoms with Gasteiger partial charge in [0.15, 0.2) is 0 Å². The van der Waals surface area contributed by atoms with Crippen molar-refractivity contribution >= 4 is 11.7 Å². The molecule has 26 heavy (non-hydrogen) atoms. The third-order valence-corrected chi connectivity index (χ3v) is 4.94. The first-order valence-electron chi connectivity index (χ1n) is 9.04. The summed E-state index contributed by atoms with van der Waals surface area (Å²) in [5.41, 5.74) is 4.38. The van der Waals surface area contributed by atoms with Gasteiger partial charge in [0, 0.05) is 38.4 Å². The fourth-order valence-corrected chi connectivity index (χ4v) is 3.30. The van der Waals surface area contributed by atoms with Gasteiger partial charge in [-0.05, 0) is 42.7 Å². The number of hydrogen-bond donors (Lipinski definition) is 1. The second-order valence-electron chi connectivity index (χ2n) is 6.81. The number of anilines is 1. The maximum atomic E-state index is 12.6. The lowest BCUT2D eigenvalue weighted by Crippen LogP contribution is -2.49. The minimum absolute atomic E-state index is 0.00787.